The largest absolute Gasteiger partial charge is 0.449 e. The lowest BCUT2D eigenvalue weighted by molar-refractivity contribution is -0.129. The predicted octanol–water partition coefficient (Wildman–Crippen LogP) is 2.81. The maximum Gasteiger partial charge on any atom is 0.339 e. The van der Waals surface area contributed by atoms with Gasteiger partial charge in [-0.25, -0.2) is 4.79 Å². The van der Waals surface area contributed by atoms with Crippen LogP contribution < -0.4 is 5.32 Å². The van der Waals surface area contributed by atoms with Crippen LogP contribution in [0.3, 0.4) is 0 Å². The molecule has 0 spiro atoms. The first-order chi connectivity index (χ1) is 13.1. The zero-order valence-electron chi connectivity index (χ0n) is 15.9. The molecule has 6 nitrogen and oxygen atoms in total. The lowest BCUT2D eigenvalue weighted by Gasteiger charge is -2.17. The molecule has 0 bridgehead atoms. The van der Waals surface area contributed by atoms with Gasteiger partial charge < -0.3 is 14.8 Å². The van der Waals surface area contributed by atoms with Crippen LogP contribution in [0.5, 0.6) is 0 Å². The molecule has 0 saturated heterocycles. The second-order valence-electron chi connectivity index (χ2n) is 6.82. The highest BCUT2D eigenvalue weighted by molar-refractivity contribution is 6.05. The highest BCUT2D eigenvalue weighted by Crippen LogP contribution is 2.29. The van der Waals surface area contributed by atoms with Crippen molar-refractivity contribution in [1.82, 2.24) is 10.3 Å². The summed E-state index contributed by atoms with van der Waals surface area (Å²) in [5.41, 5.74) is 3.31. The van der Waals surface area contributed by atoms with Gasteiger partial charge in [0.15, 0.2) is 6.10 Å². The van der Waals surface area contributed by atoms with Crippen molar-refractivity contribution in [1.29, 1.82) is 0 Å². The molecule has 144 valence electrons. The molecular formula is C21H26N2O4. The number of nitrogens with zero attached hydrogens (tertiary/aromatic N) is 1. The number of carbonyl (C=O) groups is 2. The molecule has 1 aliphatic carbocycles. The smallest absolute Gasteiger partial charge is 0.339 e. The molecule has 1 heterocycles. The number of para-hydroxylation sites is 1. The maximum absolute atomic E-state index is 13.0. The van der Waals surface area contributed by atoms with E-state index in [1.807, 2.05) is 24.3 Å². The summed E-state index contributed by atoms with van der Waals surface area (Å²) in [5, 5.41) is 3.48. The minimum atomic E-state index is -0.872. The monoisotopic (exact) mass is 370 g/mol. The Balaban J connectivity index is 1.89. The fraction of sp³-hybridized carbons (Fsp3) is 0.476. The number of carbonyl (C=O) groups excluding carboxylic acids is 2. The van der Waals surface area contributed by atoms with Gasteiger partial charge in [-0.3, -0.25) is 9.78 Å². The van der Waals surface area contributed by atoms with Gasteiger partial charge in [0.2, 0.25) is 0 Å². The Labute approximate surface area is 159 Å². The van der Waals surface area contributed by atoms with E-state index in [4.69, 9.17) is 14.5 Å². The van der Waals surface area contributed by atoms with Crippen LogP contribution in [0.25, 0.3) is 10.9 Å². The van der Waals surface area contributed by atoms with Crippen molar-refractivity contribution in [2.45, 2.75) is 45.1 Å². The third kappa shape index (κ3) is 4.45. The predicted molar refractivity (Wildman–Crippen MR) is 103 cm³/mol. The fourth-order valence-corrected chi connectivity index (χ4v) is 3.48. The van der Waals surface area contributed by atoms with E-state index in [9.17, 15) is 9.59 Å². The van der Waals surface area contributed by atoms with Gasteiger partial charge in [-0.05, 0) is 44.2 Å². The molecule has 0 aliphatic heterocycles. The van der Waals surface area contributed by atoms with E-state index >= 15 is 0 Å². The van der Waals surface area contributed by atoms with Crippen LogP contribution in [-0.2, 0) is 27.1 Å². The number of ether oxygens (including phenoxy) is 2. The van der Waals surface area contributed by atoms with Gasteiger partial charge in [0.05, 0.1) is 17.7 Å². The second-order valence-corrected chi connectivity index (χ2v) is 6.82. The van der Waals surface area contributed by atoms with Crippen molar-refractivity contribution in [3.63, 3.8) is 0 Å². The van der Waals surface area contributed by atoms with Crippen LogP contribution >= 0.6 is 0 Å². The maximum atomic E-state index is 13.0. The van der Waals surface area contributed by atoms with Crippen LogP contribution in [0.15, 0.2) is 24.3 Å². The number of esters is 1. The van der Waals surface area contributed by atoms with Crippen LogP contribution in [0.1, 0.15) is 47.8 Å². The Morgan fingerprint density at radius 2 is 1.96 bits per heavy atom. The van der Waals surface area contributed by atoms with Crippen molar-refractivity contribution in [2.75, 3.05) is 20.3 Å². The van der Waals surface area contributed by atoms with Crippen LogP contribution in [0.4, 0.5) is 0 Å². The number of aromatic nitrogens is 1. The molecule has 1 atom stereocenters. The first kappa shape index (κ1) is 19.3. The number of rotatable bonds is 6. The average Bonchev–Trinajstić information content (AvgIpc) is 2.91. The molecule has 1 amide bonds. The topological polar surface area (TPSA) is 77.5 Å². The van der Waals surface area contributed by atoms with Crippen molar-refractivity contribution in [3.8, 4) is 0 Å². The number of pyridine rings is 1. The Morgan fingerprint density at radius 3 is 2.78 bits per heavy atom. The van der Waals surface area contributed by atoms with Gasteiger partial charge in [-0.2, -0.15) is 0 Å². The fourth-order valence-electron chi connectivity index (χ4n) is 3.48. The summed E-state index contributed by atoms with van der Waals surface area (Å²) in [6, 6.07) is 7.62. The molecule has 6 heteroatoms. The van der Waals surface area contributed by atoms with E-state index in [2.05, 4.69) is 5.32 Å². The van der Waals surface area contributed by atoms with E-state index in [1.165, 1.54) is 0 Å². The molecule has 0 saturated carbocycles. The summed E-state index contributed by atoms with van der Waals surface area (Å²) in [4.78, 5) is 30.0. The van der Waals surface area contributed by atoms with E-state index in [0.717, 1.165) is 54.3 Å². The summed E-state index contributed by atoms with van der Waals surface area (Å²) in [7, 11) is 1.57. The van der Waals surface area contributed by atoms with E-state index in [-0.39, 0.29) is 5.91 Å². The normalized spacial score (nSPS) is 14.9. The Kier molecular flexibility index (Phi) is 6.40. The lowest BCUT2D eigenvalue weighted by Crippen LogP contribution is -2.37. The first-order valence-corrected chi connectivity index (χ1v) is 9.50. The van der Waals surface area contributed by atoms with E-state index < -0.39 is 12.1 Å². The van der Waals surface area contributed by atoms with Crippen molar-refractivity contribution in [3.05, 3.63) is 41.1 Å². The zero-order valence-corrected chi connectivity index (χ0v) is 15.9. The molecule has 2 aromatic rings. The molecular weight excluding hydrogens is 344 g/mol. The Morgan fingerprint density at radius 1 is 1.19 bits per heavy atom. The number of nitrogens with one attached hydrogen (secondary N) is 1. The molecule has 1 aliphatic rings. The van der Waals surface area contributed by atoms with Gasteiger partial charge in [0, 0.05) is 24.7 Å². The summed E-state index contributed by atoms with van der Waals surface area (Å²) in [6.45, 7) is 2.38. The van der Waals surface area contributed by atoms with E-state index in [1.54, 1.807) is 14.0 Å². The number of benzene rings is 1. The summed E-state index contributed by atoms with van der Waals surface area (Å²) < 4.78 is 10.4. The third-order valence-corrected chi connectivity index (χ3v) is 4.88. The van der Waals surface area contributed by atoms with Gasteiger partial charge >= 0.3 is 5.97 Å². The molecule has 0 radical (unpaired) electrons. The Bertz CT molecular complexity index is 834. The number of hydrogen-bond acceptors (Lipinski definition) is 5. The summed E-state index contributed by atoms with van der Waals surface area (Å²) in [5.74, 6) is -0.786. The molecule has 0 fully saturated rings. The second kappa shape index (κ2) is 8.95. The SMILES string of the molecule is COCCNC(=O)[C@@H](C)OC(=O)c1c2c(nc3ccccc13)CCCCC2. The van der Waals surface area contributed by atoms with Gasteiger partial charge in [-0.1, -0.05) is 24.6 Å². The number of methoxy groups -OCH3 is 1. The zero-order chi connectivity index (χ0) is 19.2. The van der Waals surface area contributed by atoms with Crippen LogP contribution in [0.2, 0.25) is 0 Å². The minimum Gasteiger partial charge on any atom is -0.449 e. The van der Waals surface area contributed by atoms with Gasteiger partial charge in [0.1, 0.15) is 0 Å². The number of hydrogen-bond donors (Lipinski definition) is 1. The van der Waals surface area contributed by atoms with Gasteiger partial charge in [-0.15, -0.1) is 0 Å². The minimum absolute atomic E-state index is 0.329. The lowest BCUT2D eigenvalue weighted by atomic mass is 9.97. The standard InChI is InChI=1S/C21H26N2O4/c1-14(20(24)22-12-13-26-2)27-21(25)19-15-8-4-3-5-10-17(15)23-18-11-7-6-9-16(18)19/h6-7,9,11,14H,3-5,8,10,12-13H2,1-2H3,(H,22,24)/t14-/m1/s1. The van der Waals surface area contributed by atoms with Crippen molar-refractivity contribution < 1.29 is 19.1 Å². The first-order valence-electron chi connectivity index (χ1n) is 9.50. The van der Waals surface area contributed by atoms with E-state index in [0.29, 0.717) is 18.7 Å². The third-order valence-electron chi connectivity index (χ3n) is 4.88. The molecule has 1 aromatic carbocycles. The highest BCUT2D eigenvalue weighted by Gasteiger charge is 2.25. The Hall–Kier alpha value is -2.47. The highest BCUT2D eigenvalue weighted by atomic mass is 16.5. The number of fused-ring (bicyclic) bond motifs is 2. The van der Waals surface area contributed by atoms with Crippen LogP contribution in [0, 0.1) is 0 Å². The van der Waals surface area contributed by atoms with Crippen molar-refractivity contribution in [2.24, 2.45) is 0 Å². The average molecular weight is 370 g/mol. The van der Waals surface area contributed by atoms with Crippen LogP contribution in [-0.4, -0.2) is 43.2 Å². The molecule has 27 heavy (non-hydrogen) atoms. The molecule has 1 N–H and O–H groups in total. The summed E-state index contributed by atoms with van der Waals surface area (Å²) in [6.07, 6.45) is 4.03. The number of aryl methyl sites for hydroxylation is 1. The quantitative estimate of drug-likeness (QED) is 0.481. The van der Waals surface area contributed by atoms with Crippen molar-refractivity contribution >= 4 is 22.8 Å². The molecule has 3 rings (SSSR count). The molecule has 1 aromatic heterocycles. The summed E-state index contributed by atoms with van der Waals surface area (Å²) >= 11 is 0. The molecule has 0 unspecified atom stereocenters. The van der Waals surface area contributed by atoms with Gasteiger partial charge in [0.25, 0.3) is 5.91 Å². The number of amides is 1.